The highest BCUT2D eigenvalue weighted by molar-refractivity contribution is 7.23. The van der Waals surface area contributed by atoms with Crippen molar-refractivity contribution in [1.29, 1.82) is 0 Å². The first-order chi connectivity index (χ1) is 10.6. The lowest BCUT2D eigenvalue weighted by Crippen LogP contribution is -2.30. The topological polar surface area (TPSA) is 63.6 Å². The van der Waals surface area contributed by atoms with Crippen molar-refractivity contribution in [3.63, 3.8) is 0 Å². The number of imidazole rings is 1. The van der Waals surface area contributed by atoms with E-state index in [9.17, 15) is 4.79 Å². The fourth-order valence-electron chi connectivity index (χ4n) is 3.28. The number of aromatic nitrogens is 2. The minimum atomic E-state index is -0.390. The van der Waals surface area contributed by atoms with Crippen LogP contribution >= 0.6 is 11.3 Å². The van der Waals surface area contributed by atoms with Gasteiger partial charge in [-0.3, -0.25) is 9.20 Å². The summed E-state index contributed by atoms with van der Waals surface area (Å²) in [7, 11) is 2.17. The zero-order chi connectivity index (χ0) is 15.3. The Labute approximate surface area is 132 Å². The number of hydrogen-bond donors (Lipinski definition) is 1. The third-order valence-corrected chi connectivity index (χ3v) is 5.46. The summed E-state index contributed by atoms with van der Waals surface area (Å²) in [6, 6.07) is 5.59. The molecule has 114 valence electrons. The number of nitrogens with two attached hydrogens (primary N) is 1. The number of amides is 1. The van der Waals surface area contributed by atoms with Gasteiger partial charge >= 0.3 is 0 Å². The van der Waals surface area contributed by atoms with Gasteiger partial charge in [-0.05, 0) is 44.6 Å². The first-order valence-corrected chi connectivity index (χ1v) is 8.33. The van der Waals surface area contributed by atoms with Crippen LogP contribution in [0.4, 0.5) is 0 Å². The monoisotopic (exact) mass is 314 g/mol. The Morgan fingerprint density at radius 3 is 3.09 bits per heavy atom. The van der Waals surface area contributed by atoms with E-state index in [0.717, 1.165) is 21.7 Å². The molecule has 3 aromatic rings. The van der Waals surface area contributed by atoms with Crippen molar-refractivity contribution >= 4 is 32.4 Å². The molecule has 1 fully saturated rings. The molecule has 0 spiro atoms. The van der Waals surface area contributed by atoms with Crippen LogP contribution in [0.3, 0.4) is 0 Å². The average Bonchev–Trinajstić information content (AvgIpc) is 3.03. The van der Waals surface area contributed by atoms with Crippen LogP contribution in [0.5, 0.6) is 0 Å². The molecule has 1 aliphatic rings. The van der Waals surface area contributed by atoms with Crippen molar-refractivity contribution in [1.82, 2.24) is 14.3 Å². The van der Waals surface area contributed by atoms with Crippen LogP contribution in [0, 0.1) is 0 Å². The Hall–Kier alpha value is -1.92. The third-order valence-electron chi connectivity index (χ3n) is 4.44. The van der Waals surface area contributed by atoms with Gasteiger partial charge < -0.3 is 10.6 Å². The SMILES string of the molecule is CN1CCC[C@@H](c2cn3c(n2)sc2cc(C(N)=O)ccc23)C1. The van der Waals surface area contributed by atoms with Crippen molar-refractivity contribution in [2.24, 2.45) is 5.73 Å². The molecular formula is C16H18N4OS. The van der Waals surface area contributed by atoms with E-state index < -0.39 is 0 Å². The number of benzene rings is 1. The molecule has 3 heterocycles. The summed E-state index contributed by atoms with van der Waals surface area (Å²) in [4.78, 5) is 19.5. The highest BCUT2D eigenvalue weighted by Gasteiger charge is 2.22. The zero-order valence-electron chi connectivity index (χ0n) is 12.5. The van der Waals surface area contributed by atoms with Crippen molar-refractivity contribution in [3.8, 4) is 0 Å². The van der Waals surface area contributed by atoms with Gasteiger partial charge in [0.15, 0.2) is 4.96 Å². The normalized spacial score (nSPS) is 20.0. The molecule has 1 amide bonds. The Morgan fingerprint density at radius 2 is 2.32 bits per heavy atom. The molecule has 0 aliphatic carbocycles. The molecule has 6 heteroatoms. The van der Waals surface area contributed by atoms with E-state index in [1.807, 2.05) is 12.1 Å². The number of carbonyl (C=O) groups is 1. The quantitative estimate of drug-likeness (QED) is 0.790. The second-order valence-electron chi connectivity index (χ2n) is 6.07. The lowest BCUT2D eigenvalue weighted by Gasteiger charge is -2.28. The maximum atomic E-state index is 11.3. The van der Waals surface area contributed by atoms with E-state index in [-0.39, 0.29) is 5.91 Å². The van der Waals surface area contributed by atoms with Crippen molar-refractivity contribution in [3.05, 3.63) is 35.7 Å². The predicted molar refractivity (Wildman–Crippen MR) is 88.6 cm³/mol. The molecule has 4 rings (SSSR count). The smallest absolute Gasteiger partial charge is 0.248 e. The fourth-order valence-corrected chi connectivity index (χ4v) is 4.33. The number of nitrogens with zero attached hydrogens (tertiary/aromatic N) is 3. The second-order valence-corrected chi connectivity index (χ2v) is 7.08. The Bertz CT molecular complexity index is 866. The molecule has 0 unspecified atom stereocenters. The van der Waals surface area contributed by atoms with Gasteiger partial charge in [0.2, 0.25) is 5.91 Å². The van der Waals surface area contributed by atoms with Crippen LogP contribution in [-0.4, -0.2) is 40.3 Å². The van der Waals surface area contributed by atoms with Gasteiger partial charge in [-0.1, -0.05) is 11.3 Å². The molecule has 5 nitrogen and oxygen atoms in total. The number of hydrogen-bond acceptors (Lipinski definition) is 4. The van der Waals surface area contributed by atoms with Gasteiger partial charge in [0.25, 0.3) is 0 Å². The molecule has 2 N–H and O–H groups in total. The van der Waals surface area contributed by atoms with Gasteiger partial charge in [-0.25, -0.2) is 4.98 Å². The maximum absolute atomic E-state index is 11.3. The number of thiazole rings is 1. The molecule has 0 bridgehead atoms. The summed E-state index contributed by atoms with van der Waals surface area (Å²) in [5.41, 5.74) is 8.16. The van der Waals surface area contributed by atoms with Crippen LogP contribution < -0.4 is 5.73 Å². The Morgan fingerprint density at radius 1 is 1.45 bits per heavy atom. The van der Waals surface area contributed by atoms with Crippen molar-refractivity contribution < 1.29 is 4.79 Å². The summed E-state index contributed by atoms with van der Waals surface area (Å²) in [5, 5.41) is 0. The first kappa shape index (κ1) is 13.7. The standard InChI is InChI=1S/C16H18N4OS/c1-19-6-2-3-11(8-19)12-9-20-13-5-4-10(15(17)21)7-14(13)22-16(20)18-12/h4-5,7,9,11H,2-3,6,8H2,1H3,(H2,17,21)/t11-/m1/s1. The summed E-state index contributed by atoms with van der Waals surface area (Å²) >= 11 is 1.61. The molecule has 0 saturated carbocycles. The minimum Gasteiger partial charge on any atom is -0.366 e. The number of rotatable bonds is 2. The van der Waals surface area contributed by atoms with E-state index in [2.05, 4.69) is 22.5 Å². The fraction of sp³-hybridized carbons (Fsp3) is 0.375. The Kier molecular flexibility index (Phi) is 3.16. The highest BCUT2D eigenvalue weighted by Crippen LogP contribution is 2.31. The first-order valence-electron chi connectivity index (χ1n) is 7.52. The summed E-state index contributed by atoms with van der Waals surface area (Å²) < 4.78 is 3.18. The minimum absolute atomic E-state index is 0.390. The van der Waals surface area contributed by atoms with Gasteiger partial charge in [0, 0.05) is 24.2 Å². The zero-order valence-corrected chi connectivity index (χ0v) is 13.3. The molecule has 2 aromatic heterocycles. The maximum Gasteiger partial charge on any atom is 0.248 e. The largest absolute Gasteiger partial charge is 0.366 e. The number of fused-ring (bicyclic) bond motifs is 3. The van der Waals surface area contributed by atoms with Gasteiger partial charge in [0.05, 0.1) is 15.9 Å². The number of likely N-dealkylation sites (N-methyl/N-ethyl adjacent to an activating group) is 1. The predicted octanol–water partition coefficient (Wildman–Crippen LogP) is 2.46. The summed E-state index contributed by atoms with van der Waals surface area (Å²) in [6.07, 6.45) is 4.59. The number of primary amides is 1. The molecule has 1 aliphatic heterocycles. The Balaban J connectivity index is 1.77. The van der Waals surface area contributed by atoms with E-state index in [1.54, 1.807) is 17.4 Å². The lowest BCUT2D eigenvalue weighted by molar-refractivity contribution is 0.100. The average molecular weight is 314 g/mol. The molecular weight excluding hydrogens is 296 g/mol. The van der Waals surface area contributed by atoms with Crippen molar-refractivity contribution in [2.75, 3.05) is 20.1 Å². The van der Waals surface area contributed by atoms with Gasteiger partial charge in [-0.15, -0.1) is 0 Å². The second kappa shape index (κ2) is 5.07. The van der Waals surface area contributed by atoms with E-state index in [0.29, 0.717) is 11.5 Å². The molecule has 22 heavy (non-hydrogen) atoms. The highest BCUT2D eigenvalue weighted by atomic mass is 32.1. The molecule has 0 radical (unpaired) electrons. The molecule has 1 atom stereocenters. The van der Waals surface area contributed by atoms with Crippen LogP contribution in [0.15, 0.2) is 24.4 Å². The number of piperidine rings is 1. The lowest BCUT2D eigenvalue weighted by atomic mass is 9.96. The molecule has 1 saturated heterocycles. The number of likely N-dealkylation sites (tertiary alicyclic amines) is 1. The van der Waals surface area contributed by atoms with Crippen LogP contribution in [0.2, 0.25) is 0 Å². The van der Waals surface area contributed by atoms with E-state index in [1.165, 1.54) is 25.1 Å². The van der Waals surface area contributed by atoms with E-state index >= 15 is 0 Å². The van der Waals surface area contributed by atoms with Gasteiger partial charge in [-0.2, -0.15) is 0 Å². The summed E-state index contributed by atoms with van der Waals surface area (Å²) in [5.74, 6) is 0.129. The van der Waals surface area contributed by atoms with Crippen molar-refractivity contribution in [2.45, 2.75) is 18.8 Å². The van der Waals surface area contributed by atoms with Crippen LogP contribution in [-0.2, 0) is 0 Å². The van der Waals surface area contributed by atoms with Crippen LogP contribution in [0.1, 0.15) is 34.8 Å². The molecule has 1 aromatic carbocycles. The van der Waals surface area contributed by atoms with Gasteiger partial charge in [0.1, 0.15) is 0 Å². The van der Waals surface area contributed by atoms with Crippen LogP contribution in [0.25, 0.3) is 15.2 Å². The third kappa shape index (κ3) is 2.19. The van der Waals surface area contributed by atoms with E-state index in [4.69, 9.17) is 10.7 Å². The number of carbonyl (C=O) groups excluding carboxylic acids is 1. The summed E-state index contributed by atoms with van der Waals surface area (Å²) in [6.45, 7) is 2.26.